The molecule has 16 aromatic rings. The van der Waals surface area contributed by atoms with Crippen molar-refractivity contribution in [1.82, 2.24) is 0 Å². The molecule has 0 heterocycles. The van der Waals surface area contributed by atoms with Crippen LogP contribution in [0.15, 0.2) is 386 Å². The molecule has 16 rings (SSSR count). The van der Waals surface area contributed by atoms with Gasteiger partial charge in [0.2, 0.25) is 9.84 Å². The molecular formula is C122H132O3S. The van der Waals surface area contributed by atoms with E-state index in [1.54, 1.807) is 48.5 Å². The predicted molar refractivity (Wildman–Crippen MR) is 542 cm³/mol. The molecule has 644 valence electrons. The first-order valence-electron chi connectivity index (χ1n) is 43.8. The maximum atomic E-state index is 12.3. The predicted octanol–water partition coefficient (Wildman–Crippen LogP) is 32.3. The van der Waals surface area contributed by atoms with Crippen LogP contribution in [-0.4, -0.2) is 14.2 Å². The van der Waals surface area contributed by atoms with E-state index in [1.165, 1.54) is 156 Å². The van der Waals surface area contributed by atoms with Crippen molar-refractivity contribution >= 4 is 15.6 Å². The van der Waals surface area contributed by atoms with Crippen LogP contribution >= 0.6 is 0 Å². The molecule has 0 radical (unpaired) electrons. The molecule has 0 atom stereocenters. The first-order valence-corrected chi connectivity index (χ1v) is 45.3. The van der Waals surface area contributed by atoms with Crippen molar-refractivity contribution in [3.05, 3.63) is 532 Å². The van der Waals surface area contributed by atoms with E-state index in [2.05, 4.69) is 404 Å². The maximum absolute atomic E-state index is 12.3. The number of hydrogen-bond donors (Lipinski definition) is 0. The topological polar surface area (TPSA) is 51.2 Å². The second-order valence-electron chi connectivity index (χ2n) is 34.5. The van der Waals surface area contributed by atoms with E-state index in [4.69, 9.17) is 0 Å². The second kappa shape index (κ2) is 49.0. The van der Waals surface area contributed by atoms with Gasteiger partial charge in [0.15, 0.2) is 5.78 Å². The average molecular weight is 1680 g/mol. The average Bonchev–Trinajstić information content (AvgIpc) is 0.885. The summed E-state index contributed by atoms with van der Waals surface area (Å²) in [6.45, 7) is 46.5. The van der Waals surface area contributed by atoms with Gasteiger partial charge in [0, 0.05) is 16.5 Å². The zero-order valence-corrected chi connectivity index (χ0v) is 79.7. The van der Waals surface area contributed by atoms with Crippen molar-refractivity contribution in [2.24, 2.45) is 0 Å². The zero-order chi connectivity index (χ0) is 91.5. The van der Waals surface area contributed by atoms with Crippen molar-refractivity contribution in [2.75, 3.05) is 0 Å². The molecule has 0 bridgehead atoms. The highest BCUT2D eigenvalue weighted by Crippen LogP contribution is 2.33. The van der Waals surface area contributed by atoms with Gasteiger partial charge in [-0.15, -0.1) is 0 Å². The van der Waals surface area contributed by atoms with Crippen LogP contribution in [0.4, 0.5) is 0 Å². The van der Waals surface area contributed by atoms with Gasteiger partial charge in [-0.3, -0.25) is 4.79 Å². The summed E-state index contributed by atoms with van der Waals surface area (Å²) in [4.78, 5) is 12.7. The quantitative estimate of drug-likeness (QED) is 0.115. The third-order valence-corrected chi connectivity index (χ3v) is 24.0. The zero-order valence-electron chi connectivity index (χ0n) is 78.8. The molecule has 126 heavy (non-hydrogen) atoms. The van der Waals surface area contributed by atoms with Gasteiger partial charge in [-0.1, -0.05) is 455 Å². The van der Waals surface area contributed by atoms with Crippen molar-refractivity contribution < 1.29 is 13.2 Å². The molecule has 16 aromatic carbocycles. The summed E-state index contributed by atoms with van der Waals surface area (Å²) in [5.41, 5.74) is 40.8. The van der Waals surface area contributed by atoms with Crippen LogP contribution in [0.3, 0.4) is 0 Å². The number of hydrogen-bond acceptors (Lipinski definition) is 3. The summed E-state index contributed by atoms with van der Waals surface area (Å²) in [6, 6.07) is 129. The summed E-state index contributed by atoms with van der Waals surface area (Å²) in [5.74, 6) is 0.0833. The normalized spacial score (nSPS) is 10.5. The number of ketones is 1. The minimum absolute atomic E-state index is 0.0708. The Morgan fingerprint density at radius 2 is 0.429 bits per heavy atom. The fourth-order valence-corrected chi connectivity index (χ4v) is 15.0. The fourth-order valence-electron chi connectivity index (χ4n) is 13.7. The van der Waals surface area contributed by atoms with Gasteiger partial charge >= 0.3 is 0 Å². The van der Waals surface area contributed by atoms with Crippen molar-refractivity contribution in [2.45, 2.75) is 180 Å². The summed E-state index contributed by atoms with van der Waals surface area (Å²) in [6.07, 6.45) is 2.06. The van der Waals surface area contributed by atoms with Crippen LogP contribution in [0.5, 0.6) is 0 Å². The van der Waals surface area contributed by atoms with E-state index in [9.17, 15) is 13.2 Å². The highest BCUT2D eigenvalue weighted by Gasteiger charge is 2.23. The lowest BCUT2D eigenvalue weighted by Gasteiger charge is -2.26. The Kier molecular flexibility index (Phi) is 38.3. The largest absolute Gasteiger partial charge is 0.289 e. The first-order chi connectivity index (χ1) is 60.1. The van der Waals surface area contributed by atoms with Crippen molar-refractivity contribution in [3.8, 4) is 22.3 Å². The highest BCUT2D eigenvalue weighted by atomic mass is 32.2. The summed E-state index contributed by atoms with van der Waals surface area (Å²) >= 11 is 0. The molecule has 0 aliphatic rings. The van der Waals surface area contributed by atoms with E-state index in [0.717, 1.165) is 35.1 Å². The summed E-state index contributed by atoms with van der Waals surface area (Å²) in [7, 11) is -3.37. The van der Waals surface area contributed by atoms with Crippen LogP contribution < -0.4 is 0 Å². The molecule has 0 aromatic heterocycles. The molecule has 4 heteroatoms. The lowest BCUT2D eigenvalue weighted by Crippen LogP contribution is -2.18. The number of carbonyl (C=O) groups excluding carboxylic acids is 1. The molecule has 0 aliphatic heterocycles. The third-order valence-electron chi connectivity index (χ3n) is 22.2. The SMILES string of the molecule is Cc1ccc(-c2ccc(C)cc2)cc1.Cc1ccc(-c2ccc(C)cc2C)c(C)c1.Cc1ccc(C(=O)c2ccc(C)cc2)cc1.Cc1ccc(C(C)(C)c2ccc(C)cc2)cc1.Cc1ccc(Cc2ccc(C)cc2)cc1.Cc1ccc(Cc2ccc(C)cc2)cc1.Cc1ccc(S(=O)(=O)c2ccc(C)cc2)cc1.Cc1cccc(C)c1.Cc1ccccc1C. The lowest BCUT2D eigenvalue weighted by atomic mass is 9.78. The molecule has 0 saturated carbocycles. The van der Waals surface area contributed by atoms with Gasteiger partial charge in [-0.25, -0.2) is 8.42 Å². The molecule has 0 unspecified atom stereocenters. The number of carbonyl (C=O) groups is 1. The molecule has 0 spiro atoms. The highest BCUT2D eigenvalue weighted by molar-refractivity contribution is 7.91. The monoisotopic (exact) mass is 1680 g/mol. The van der Waals surface area contributed by atoms with Crippen molar-refractivity contribution in [1.29, 1.82) is 0 Å². The second-order valence-corrected chi connectivity index (χ2v) is 36.4. The van der Waals surface area contributed by atoms with Crippen LogP contribution in [0.25, 0.3) is 22.3 Å². The molecule has 0 saturated heterocycles. The van der Waals surface area contributed by atoms with E-state index in [0.29, 0.717) is 9.79 Å². The minimum Gasteiger partial charge on any atom is -0.289 e. The molecule has 0 aliphatic carbocycles. The Balaban J connectivity index is 0.000000177. The summed E-state index contributed by atoms with van der Waals surface area (Å²) < 4.78 is 24.5. The number of aryl methyl sites for hydroxylation is 20. The molecule has 0 N–H and O–H groups in total. The summed E-state index contributed by atoms with van der Waals surface area (Å²) in [5, 5.41) is 0. The third kappa shape index (κ3) is 33.0. The van der Waals surface area contributed by atoms with Crippen LogP contribution in [0.2, 0.25) is 0 Å². The van der Waals surface area contributed by atoms with Crippen LogP contribution in [0.1, 0.15) is 174 Å². The minimum atomic E-state index is -3.37. The Morgan fingerprint density at radius 1 is 0.214 bits per heavy atom. The smallest absolute Gasteiger partial charge is 0.206 e. The van der Waals surface area contributed by atoms with E-state index in [-0.39, 0.29) is 11.2 Å². The van der Waals surface area contributed by atoms with E-state index >= 15 is 0 Å². The van der Waals surface area contributed by atoms with Gasteiger partial charge in [-0.2, -0.15) is 0 Å². The number of benzene rings is 16. The Labute approximate surface area is 758 Å². The Bertz CT molecular complexity index is 5650. The Morgan fingerprint density at radius 3 is 0.659 bits per heavy atom. The fraction of sp³-hybridized carbons (Fsp3) is 0.205. The molecule has 0 amide bonds. The van der Waals surface area contributed by atoms with E-state index < -0.39 is 9.84 Å². The number of rotatable bonds is 12. The first kappa shape index (κ1) is 98.6. The molecule has 3 nitrogen and oxygen atoms in total. The van der Waals surface area contributed by atoms with E-state index in [1.807, 2.05) is 76.2 Å². The van der Waals surface area contributed by atoms with Gasteiger partial charge in [0.25, 0.3) is 0 Å². The van der Waals surface area contributed by atoms with Gasteiger partial charge in [-0.05, 0) is 253 Å². The van der Waals surface area contributed by atoms with Gasteiger partial charge < -0.3 is 0 Å². The standard InChI is InChI=1S/C17H20.C16H18.C15H14O.2C15H16.C14H14O2S.C14H14.2C8H10/c1-13-5-9-15(10-6-13)17(3,4)16-11-7-14(2)8-12-16;1-11-5-7-15(13(3)9-11)16-8-6-12(2)10-14(16)4;1-11-3-7-13(8-4-11)15(16)14-9-5-12(2)6-10-14;2*1-12-3-7-14(8-4-12)11-15-9-5-13(2)6-10-15;1-11-3-7-13(8-4-11)17(15,16)14-9-5-12(2)6-10-14;1-11-3-7-13(8-4-11)14-9-5-12(2)6-10-14;1-7-4-3-5-8(2)6-7;1-7-5-3-4-6-8(7)2/h5-12H,1-4H3;5-10H,1-4H3;3-10H,1-2H3;2*3-10H,11H2,1-2H3;3-10H,1-2H3;3-10H,1-2H3;2*3-6H,1-2H3. The van der Waals surface area contributed by atoms with Gasteiger partial charge in [0.1, 0.15) is 0 Å². The number of sulfone groups is 1. The Hall–Kier alpha value is -12.9. The van der Waals surface area contributed by atoms with Gasteiger partial charge in [0.05, 0.1) is 9.79 Å². The van der Waals surface area contributed by atoms with Crippen LogP contribution in [0, 0.1) is 138 Å². The van der Waals surface area contributed by atoms with Crippen molar-refractivity contribution in [3.63, 3.8) is 0 Å². The molecular weight excluding hydrogens is 1550 g/mol. The van der Waals surface area contributed by atoms with Crippen LogP contribution in [-0.2, 0) is 28.1 Å². The lowest BCUT2D eigenvalue weighted by molar-refractivity contribution is 0.103. The maximum Gasteiger partial charge on any atom is 0.206 e. The molecule has 0 fully saturated rings.